The first-order valence-corrected chi connectivity index (χ1v) is 10.6. The number of piperazine rings is 1. The molecule has 1 atom stereocenters. The molecule has 1 aromatic carbocycles. The predicted molar refractivity (Wildman–Crippen MR) is 115 cm³/mol. The Hall–Kier alpha value is -3.27. The number of aromatic nitrogens is 2. The minimum absolute atomic E-state index is 0.0180. The zero-order valence-corrected chi connectivity index (χ0v) is 17.9. The van der Waals surface area contributed by atoms with Crippen molar-refractivity contribution in [2.45, 2.75) is 6.42 Å². The zero-order chi connectivity index (χ0) is 22.5. The van der Waals surface area contributed by atoms with Crippen molar-refractivity contribution in [1.29, 1.82) is 0 Å². The molecule has 10 heteroatoms. The number of carbonyl (C=O) groups is 2. The zero-order valence-electron chi connectivity index (χ0n) is 17.9. The summed E-state index contributed by atoms with van der Waals surface area (Å²) in [5.41, 5.74) is 0.616. The molecule has 2 amide bonds. The van der Waals surface area contributed by atoms with E-state index >= 15 is 0 Å². The summed E-state index contributed by atoms with van der Waals surface area (Å²) in [6, 6.07) is 9.38. The molecule has 0 spiro atoms. The van der Waals surface area contributed by atoms with Gasteiger partial charge in [0.15, 0.2) is 5.82 Å². The number of halogens is 1. The number of methoxy groups -OCH3 is 1. The minimum Gasteiger partial charge on any atom is -0.474 e. The third-order valence-electron chi connectivity index (χ3n) is 5.69. The molecule has 2 aliphatic rings. The number of benzene rings is 1. The average molecular weight is 443 g/mol. The number of ether oxygens (including phenoxy) is 2. The van der Waals surface area contributed by atoms with Gasteiger partial charge in [-0.25, -0.2) is 4.39 Å². The lowest BCUT2D eigenvalue weighted by atomic mass is 10.1. The second-order valence-electron chi connectivity index (χ2n) is 7.77. The molecule has 3 heterocycles. The van der Waals surface area contributed by atoms with E-state index in [9.17, 15) is 14.0 Å². The van der Waals surface area contributed by atoms with Gasteiger partial charge in [-0.05, 0) is 30.3 Å². The SMILES string of the molecule is COCCOc1ccc(N2CCN(C(=O)C3CC(=O)N(c4ccc(F)cc4)C3)CC2)nn1. The van der Waals surface area contributed by atoms with Gasteiger partial charge >= 0.3 is 0 Å². The molecule has 170 valence electrons. The molecule has 1 unspecified atom stereocenters. The van der Waals surface area contributed by atoms with Gasteiger partial charge in [0.2, 0.25) is 17.7 Å². The van der Waals surface area contributed by atoms with Crippen LogP contribution < -0.4 is 14.5 Å². The molecule has 1 aromatic heterocycles. The van der Waals surface area contributed by atoms with Crippen molar-refractivity contribution in [1.82, 2.24) is 15.1 Å². The van der Waals surface area contributed by atoms with Crippen LogP contribution in [0.25, 0.3) is 0 Å². The molecule has 9 nitrogen and oxygen atoms in total. The molecule has 0 N–H and O–H groups in total. The van der Waals surface area contributed by atoms with Gasteiger partial charge in [-0.1, -0.05) is 0 Å². The van der Waals surface area contributed by atoms with Crippen molar-refractivity contribution >= 4 is 23.3 Å². The van der Waals surface area contributed by atoms with E-state index < -0.39 is 0 Å². The highest BCUT2D eigenvalue weighted by molar-refractivity contribution is 6.00. The van der Waals surface area contributed by atoms with Gasteiger partial charge in [-0.15, -0.1) is 10.2 Å². The Kier molecular flexibility index (Phi) is 6.79. The van der Waals surface area contributed by atoms with Crippen LogP contribution in [-0.2, 0) is 14.3 Å². The van der Waals surface area contributed by atoms with Crippen molar-refractivity contribution in [3.63, 3.8) is 0 Å². The summed E-state index contributed by atoms with van der Waals surface area (Å²) in [5.74, 6) is 0.296. The summed E-state index contributed by atoms with van der Waals surface area (Å²) in [6.07, 6.45) is 0.173. The summed E-state index contributed by atoms with van der Waals surface area (Å²) in [7, 11) is 1.61. The van der Waals surface area contributed by atoms with Crippen LogP contribution in [-0.4, -0.2) is 80.0 Å². The minimum atomic E-state index is -0.387. The molecule has 2 aromatic rings. The first-order chi connectivity index (χ1) is 15.5. The number of nitrogens with zero attached hydrogens (tertiary/aromatic N) is 5. The fourth-order valence-electron chi connectivity index (χ4n) is 3.95. The molecular formula is C22H26FN5O4. The van der Waals surface area contributed by atoms with Crippen LogP contribution >= 0.6 is 0 Å². The van der Waals surface area contributed by atoms with Crippen LogP contribution in [0.15, 0.2) is 36.4 Å². The summed E-state index contributed by atoms with van der Waals surface area (Å²) >= 11 is 0. The monoisotopic (exact) mass is 443 g/mol. The number of anilines is 2. The standard InChI is InChI=1S/C22H26FN5O4/c1-31-12-13-32-20-7-6-19(24-25-20)26-8-10-27(11-9-26)22(30)16-14-21(29)28(15-16)18-4-2-17(23)3-5-18/h2-7,16H,8-15H2,1H3. The first kappa shape index (κ1) is 21.9. The van der Waals surface area contributed by atoms with Gasteiger partial charge in [0.05, 0.1) is 12.5 Å². The number of hydrogen-bond acceptors (Lipinski definition) is 7. The smallest absolute Gasteiger partial charge is 0.233 e. The molecular weight excluding hydrogens is 417 g/mol. The maximum absolute atomic E-state index is 13.2. The molecule has 0 aliphatic carbocycles. The van der Waals surface area contributed by atoms with E-state index in [0.29, 0.717) is 57.5 Å². The molecule has 0 radical (unpaired) electrons. The fraction of sp³-hybridized carbons (Fsp3) is 0.455. The van der Waals surface area contributed by atoms with E-state index in [1.54, 1.807) is 35.1 Å². The lowest BCUT2D eigenvalue weighted by molar-refractivity contribution is -0.136. The highest BCUT2D eigenvalue weighted by atomic mass is 19.1. The van der Waals surface area contributed by atoms with Gasteiger partial charge in [0.1, 0.15) is 12.4 Å². The topological polar surface area (TPSA) is 88.1 Å². The molecule has 2 saturated heterocycles. The van der Waals surface area contributed by atoms with Gasteiger partial charge in [-0.2, -0.15) is 0 Å². The van der Waals surface area contributed by atoms with E-state index in [-0.39, 0.29) is 30.0 Å². The van der Waals surface area contributed by atoms with Crippen molar-refractivity contribution < 1.29 is 23.5 Å². The largest absolute Gasteiger partial charge is 0.474 e. The quantitative estimate of drug-likeness (QED) is 0.597. The molecule has 32 heavy (non-hydrogen) atoms. The lowest BCUT2D eigenvalue weighted by Crippen LogP contribution is -2.51. The fourth-order valence-corrected chi connectivity index (χ4v) is 3.95. The van der Waals surface area contributed by atoms with E-state index in [1.165, 1.54) is 12.1 Å². The normalized spacial score (nSPS) is 18.9. The van der Waals surface area contributed by atoms with Gasteiger partial charge in [-0.3, -0.25) is 9.59 Å². The Labute approximate surface area is 185 Å². The highest BCUT2D eigenvalue weighted by Crippen LogP contribution is 2.27. The second kappa shape index (κ2) is 9.90. The molecule has 4 rings (SSSR count). The summed E-state index contributed by atoms with van der Waals surface area (Å²) in [4.78, 5) is 30.9. The van der Waals surface area contributed by atoms with Crippen LogP contribution in [0.5, 0.6) is 5.88 Å². The number of carbonyl (C=O) groups excluding carboxylic acids is 2. The Bertz CT molecular complexity index is 932. The van der Waals surface area contributed by atoms with Crippen molar-refractivity contribution in [3.8, 4) is 5.88 Å². The summed E-state index contributed by atoms with van der Waals surface area (Å²) in [6.45, 7) is 3.57. The van der Waals surface area contributed by atoms with Gasteiger partial charge in [0, 0.05) is 58.0 Å². The number of rotatable bonds is 7. The number of amides is 2. The Balaban J connectivity index is 1.29. The average Bonchev–Trinajstić information content (AvgIpc) is 3.21. The van der Waals surface area contributed by atoms with Crippen molar-refractivity contribution in [3.05, 3.63) is 42.2 Å². The Morgan fingerprint density at radius 3 is 2.47 bits per heavy atom. The third-order valence-corrected chi connectivity index (χ3v) is 5.69. The van der Waals surface area contributed by atoms with E-state index in [4.69, 9.17) is 9.47 Å². The van der Waals surface area contributed by atoms with Crippen LogP contribution in [0.2, 0.25) is 0 Å². The van der Waals surface area contributed by atoms with E-state index in [2.05, 4.69) is 15.1 Å². The first-order valence-electron chi connectivity index (χ1n) is 10.6. The maximum atomic E-state index is 13.2. The Morgan fingerprint density at radius 1 is 1.06 bits per heavy atom. The molecule has 0 saturated carbocycles. The summed E-state index contributed by atoms with van der Waals surface area (Å²) < 4.78 is 23.5. The van der Waals surface area contributed by atoms with Gasteiger partial charge in [0.25, 0.3) is 0 Å². The van der Waals surface area contributed by atoms with Crippen molar-refractivity contribution in [2.24, 2.45) is 5.92 Å². The number of hydrogen-bond donors (Lipinski definition) is 0. The van der Waals surface area contributed by atoms with Gasteiger partial charge < -0.3 is 24.2 Å². The Morgan fingerprint density at radius 2 is 1.81 bits per heavy atom. The van der Waals surface area contributed by atoms with Crippen molar-refractivity contribution in [2.75, 3.05) is 62.8 Å². The van der Waals surface area contributed by atoms with E-state index in [0.717, 1.165) is 5.82 Å². The molecule has 0 bridgehead atoms. The lowest BCUT2D eigenvalue weighted by Gasteiger charge is -2.36. The van der Waals surface area contributed by atoms with Crippen LogP contribution in [0, 0.1) is 11.7 Å². The highest BCUT2D eigenvalue weighted by Gasteiger charge is 2.38. The molecule has 2 fully saturated rings. The van der Waals surface area contributed by atoms with Crippen LogP contribution in [0.4, 0.5) is 15.9 Å². The summed E-state index contributed by atoms with van der Waals surface area (Å²) in [5, 5.41) is 8.29. The van der Waals surface area contributed by atoms with Crippen LogP contribution in [0.1, 0.15) is 6.42 Å². The van der Waals surface area contributed by atoms with E-state index in [1.807, 2.05) is 6.07 Å². The van der Waals surface area contributed by atoms with Crippen LogP contribution in [0.3, 0.4) is 0 Å². The second-order valence-corrected chi connectivity index (χ2v) is 7.77. The maximum Gasteiger partial charge on any atom is 0.233 e. The predicted octanol–water partition coefficient (Wildman–Crippen LogP) is 1.34. The third kappa shape index (κ3) is 4.96. The molecule has 2 aliphatic heterocycles.